The van der Waals surface area contributed by atoms with Crippen molar-refractivity contribution in [1.82, 2.24) is 0 Å². The largest absolute Gasteiger partial charge is 0.393 e. The molecule has 1 N–H and O–H groups in total. The third kappa shape index (κ3) is 1.42. The highest BCUT2D eigenvalue weighted by Gasteiger charge is 2.38. The minimum atomic E-state index is -0.125. The Morgan fingerprint density at radius 3 is 2.58 bits per heavy atom. The number of hydrogen-bond acceptors (Lipinski definition) is 1. The van der Waals surface area contributed by atoms with E-state index in [0.29, 0.717) is 5.92 Å². The Labute approximate surface area is 75.5 Å². The fourth-order valence-electron chi connectivity index (χ4n) is 2.18. The average molecular weight is 168 g/mol. The third-order valence-corrected chi connectivity index (χ3v) is 3.75. The van der Waals surface area contributed by atoms with E-state index in [1.807, 2.05) is 0 Å². The maximum Gasteiger partial charge on any atom is 0.0574 e. The summed E-state index contributed by atoms with van der Waals surface area (Å²) in [5.74, 6) is 0.365. The van der Waals surface area contributed by atoms with Gasteiger partial charge in [0.15, 0.2) is 0 Å². The van der Waals surface area contributed by atoms with Crippen molar-refractivity contribution < 1.29 is 5.11 Å². The summed E-state index contributed by atoms with van der Waals surface area (Å²) in [6, 6.07) is 0. The van der Waals surface area contributed by atoms with E-state index in [4.69, 9.17) is 0 Å². The highest BCUT2D eigenvalue weighted by atomic mass is 16.3. The normalized spacial score (nSPS) is 42.7. The molecule has 0 saturated heterocycles. The molecule has 1 rings (SSSR count). The highest BCUT2D eigenvalue weighted by Crippen LogP contribution is 2.45. The van der Waals surface area contributed by atoms with Gasteiger partial charge in [0.2, 0.25) is 0 Å². The Hall–Kier alpha value is -0.300. The van der Waals surface area contributed by atoms with Gasteiger partial charge in [0.05, 0.1) is 6.10 Å². The highest BCUT2D eigenvalue weighted by molar-refractivity contribution is 5.10. The van der Waals surface area contributed by atoms with Crippen molar-refractivity contribution >= 4 is 0 Å². The van der Waals surface area contributed by atoms with Crippen molar-refractivity contribution in [3.8, 4) is 0 Å². The number of aliphatic hydroxyl groups excluding tert-OH is 1. The third-order valence-electron chi connectivity index (χ3n) is 3.75. The van der Waals surface area contributed by atoms with E-state index >= 15 is 0 Å². The van der Waals surface area contributed by atoms with Crippen LogP contribution in [0.15, 0.2) is 12.2 Å². The first-order chi connectivity index (χ1) is 5.48. The van der Waals surface area contributed by atoms with Crippen LogP contribution >= 0.6 is 0 Å². The molecular formula is C11H20O. The van der Waals surface area contributed by atoms with Crippen LogP contribution in [-0.2, 0) is 0 Å². The maximum absolute atomic E-state index is 9.72. The van der Waals surface area contributed by atoms with Gasteiger partial charge in [0.25, 0.3) is 0 Å². The standard InChI is InChI=1S/C11H20O/c1-8(2)11(4)7-5-6-10(12)9(11)3/h9-10,12H,1,5-7H2,2-4H3/t9-,10-,11+/m0/s1. The van der Waals surface area contributed by atoms with Crippen LogP contribution in [0, 0.1) is 11.3 Å². The molecule has 0 heterocycles. The molecule has 0 spiro atoms. The predicted octanol–water partition coefficient (Wildman–Crippen LogP) is 2.75. The molecule has 3 atom stereocenters. The summed E-state index contributed by atoms with van der Waals surface area (Å²) in [4.78, 5) is 0. The molecule has 1 heteroatoms. The van der Waals surface area contributed by atoms with Crippen molar-refractivity contribution in [3.63, 3.8) is 0 Å². The summed E-state index contributed by atoms with van der Waals surface area (Å²) in [5, 5.41) is 9.72. The second-order valence-corrected chi connectivity index (χ2v) is 4.45. The lowest BCUT2D eigenvalue weighted by atomic mass is 9.64. The van der Waals surface area contributed by atoms with E-state index in [0.717, 1.165) is 12.8 Å². The van der Waals surface area contributed by atoms with Gasteiger partial charge in [-0.1, -0.05) is 26.0 Å². The van der Waals surface area contributed by atoms with E-state index in [2.05, 4.69) is 27.4 Å². The molecule has 1 saturated carbocycles. The molecule has 70 valence electrons. The molecule has 1 aliphatic rings. The Morgan fingerprint density at radius 2 is 2.17 bits per heavy atom. The maximum atomic E-state index is 9.72. The first-order valence-electron chi connectivity index (χ1n) is 4.82. The molecule has 0 bridgehead atoms. The summed E-state index contributed by atoms with van der Waals surface area (Å²) >= 11 is 0. The van der Waals surface area contributed by atoms with Crippen LogP contribution in [-0.4, -0.2) is 11.2 Å². The zero-order valence-electron chi connectivity index (χ0n) is 8.43. The lowest BCUT2D eigenvalue weighted by molar-refractivity contribution is 0.0112. The van der Waals surface area contributed by atoms with Crippen LogP contribution in [0.4, 0.5) is 0 Å². The summed E-state index contributed by atoms with van der Waals surface area (Å²) in [7, 11) is 0. The Bertz CT molecular complexity index is 185. The molecule has 12 heavy (non-hydrogen) atoms. The molecule has 0 aliphatic heterocycles. The van der Waals surface area contributed by atoms with Crippen molar-refractivity contribution in [3.05, 3.63) is 12.2 Å². The molecule has 1 nitrogen and oxygen atoms in total. The fraction of sp³-hybridized carbons (Fsp3) is 0.818. The van der Waals surface area contributed by atoms with E-state index in [9.17, 15) is 5.11 Å². The van der Waals surface area contributed by atoms with Crippen LogP contribution in [0.1, 0.15) is 40.0 Å². The smallest absolute Gasteiger partial charge is 0.0574 e. The first kappa shape index (κ1) is 9.79. The minimum Gasteiger partial charge on any atom is -0.393 e. The Kier molecular flexibility index (Phi) is 2.62. The molecule has 0 aromatic carbocycles. The van der Waals surface area contributed by atoms with Gasteiger partial charge in [-0.2, -0.15) is 0 Å². The van der Waals surface area contributed by atoms with E-state index in [-0.39, 0.29) is 11.5 Å². The molecule has 0 aromatic rings. The summed E-state index contributed by atoms with van der Waals surface area (Å²) in [6.45, 7) is 10.5. The summed E-state index contributed by atoms with van der Waals surface area (Å²) in [5.41, 5.74) is 1.38. The van der Waals surface area contributed by atoms with Gasteiger partial charge >= 0.3 is 0 Å². The Morgan fingerprint density at radius 1 is 1.58 bits per heavy atom. The fourth-order valence-corrected chi connectivity index (χ4v) is 2.18. The zero-order valence-corrected chi connectivity index (χ0v) is 8.43. The topological polar surface area (TPSA) is 20.2 Å². The van der Waals surface area contributed by atoms with Crippen molar-refractivity contribution in [1.29, 1.82) is 0 Å². The van der Waals surface area contributed by atoms with Gasteiger partial charge < -0.3 is 5.11 Å². The van der Waals surface area contributed by atoms with Crippen molar-refractivity contribution in [2.24, 2.45) is 11.3 Å². The first-order valence-corrected chi connectivity index (χ1v) is 4.82. The van der Waals surface area contributed by atoms with Gasteiger partial charge in [-0.05, 0) is 37.5 Å². The summed E-state index contributed by atoms with van der Waals surface area (Å²) < 4.78 is 0. The van der Waals surface area contributed by atoms with Crippen LogP contribution in [0.2, 0.25) is 0 Å². The van der Waals surface area contributed by atoms with E-state index in [1.54, 1.807) is 0 Å². The lowest BCUT2D eigenvalue weighted by Gasteiger charge is -2.43. The van der Waals surface area contributed by atoms with Gasteiger partial charge in [0, 0.05) is 0 Å². The summed E-state index contributed by atoms with van der Waals surface area (Å²) in [6.07, 6.45) is 3.15. The van der Waals surface area contributed by atoms with Gasteiger partial charge in [0.1, 0.15) is 0 Å². The minimum absolute atomic E-state index is 0.125. The van der Waals surface area contributed by atoms with Crippen LogP contribution < -0.4 is 0 Å². The molecule has 1 fully saturated rings. The van der Waals surface area contributed by atoms with Gasteiger partial charge in [-0.25, -0.2) is 0 Å². The molecule has 1 aliphatic carbocycles. The molecule has 0 unspecified atom stereocenters. The van der Waals surface area contributed by atoms with Crippen LogP contribution in [0.5, 0.6) is 0 Å². The number of hydrogen-bond donors (Lipinski definition) is 1. The van der Waals surface area contributed by atoms with Crippen molar-refractivity contribution in [2.45, 2.75) is 46.1 Å². The molecular weight excluding hydrogens is 148 g/mol. The number of aliphatic hydroxyl groups is 1. The van der Waals surface area contributed by atoms with E-state index < -0.39 is 0 Å². The second-order valence-electron chi connectivity index (χ2n) is 4.45. The van der Waals surface area contributed by atoms with Gasteiger partial charge in [-0.15, -0.1) is 0 Å². The molecule has 0 aromatic heterocycles. The quantitative estimate of drug-likeness (QED) is 0.597. The monoisotopic (exact) mass is 168 g/mol. The molecule has 0 amide bonds. The SMILES string of the molecule is C=C(C)[C@@]1(C)CCC[C@H](O)[C@@H]1C. The van der Waals surface area contributed by atoms with Crippen LogP contribution in [0.25, 0.3) is 0 Å². The molecule has 0 radical (unpaired) electrons. The predicted molar refractivity (Wildman–Crippen MR) is 51.9 cm³/mol. The second kappa shape index (κ2) is 3.21. The van der Waals surface area contributed by atoms with Crippen molar-refractivity contribution in [2.75, 3.05) is 0 Å². The van der Waals surface area contributed by atoms with Gasteiger partial charge in [-0.3, -0.25) is 0 Å². The Balaban J connectivity index is 2.81. The van der Waals surface area contributed by atoms with Crippen LogP contribution in [0.3, 0.4) is 0 Å². The lowest BCUT2D eigenvalue weighted by Crippen LogP contribution is -2.38. The number of rotatable bonds is 1. The zero-order chi connectivity index (χ0) is 9.35. The van der Waals surface area contributed by atoms with E-state index in [1.165, 1.54) is 12.0 Å². The average Bonchev–Trinajstić information content (AvgIpc) is 2.00. The number of allylic oxidation sites excluding steroid dienone is 1.